The number of benzene rings is 2. The molecule has 0 aliphatic carbocycles. The summed E-state index contributed by atoms with van der Waals surface area (Å²) in [7, 11) is 0. The van der Waals surface area contributed by atoms with Gasteiger partial charge in [0.05, 0.1) is 17.3 Å². The van der Waals surface area contributed by atoms with Crippen molar-refractivity contribution in [3.8, 4) is 11.8 Å². The summed E-state index contributed by atoms with van der Waals surface area (Å²) in [5.74, 6) is 1.52. The lowest BCUT2D eigenvalue weighted by Crippen LogP contribution is -2.64. The standard InChI is InChI=1S/C34H39ClN6O3/c1-33(2,26-17-24(20-36)18-27(35)19-26)25-3-5-30(6-4-25)44-21-28-7-12-37-31(38-28)39-15-10-34(11-16-39)22-41(23-34)29-8-13-40(14-9-29)32(42)43/h3-7,12,17-19,29H,8-11,13-16,21-23H2,1-2H3,(H,42,43). The second-order valence-corrected chi connectivity index (χ2v) is 13.5. The summed E-state index contributed by atoms with van der Waals surface area (Å²) >= 11 is 6.27. The van der Waals surface area contributed by atoms with Gasteiger partial charge in [0, 0.05) is 61.9 Å². The molecule has 0 radical (unpaired) electrons. The molecule has 6 rings (SSSR count). The van der Waals surface area contributed by atoms with Crippen molar-refractivity contribution in [3.05, 3.63) is 82.1 Å². The van der Waals surface area contributed by atoms with Gasteiger partial charge in [-0.1, -0.05) is 37.6 Å². The van der Waals surface area contributed by atoms with Crippen molar-refractivity contribution < 1.29 is 14.6 Å². The number of ether oxygens (including phenoxy) is 1. The van der Waals surface area contributed by atoms with Crippen molar-refractivity contribution in [1.82, 2.24) is 19.8 Å². The van der Waals surface area contributed by atoms with E-state index >= 15 is 0 Å². The van der Waals surface area contributed by atoms with Crippen LogP contribution in [0.25, 0.3) is 0 Å². The van der Waals surface area contributed by atoms with E-state index < -0.39 is 6.09 Å². The molecule has 3 aliphatic rings. The van der Waals surface area contributed by atoms with Gasteiger partial charge in [0.2, 0.25) is 5.95 Å². The Morgan fingerprint density at radius 2 is 1.77 bits per heavy atom. The molecular weight excluding hydrogens is 576 g/mol. The molecule has 0 bridgehead atoms. The van der Waals surface area contributed by atoms with Gasteiger partial charge in [0.15, 0.2) is 0 Å². The lowest BCUT2D eigenvalue weighted by Gasteiger charge is -2.57. The van der Waals surface area contributed by atoms with Gasteiger partial charge in [0.1, 0.15) is 12.4 Å². The Hall–Kier alpha value is -3.87. The Balaban J connectivity index is 0.999. The number of likely N-dealkylation sites (tertiary alicyclic amines) is 2. The number of hydrogen-bond donors (Lipinski definition) is 1. The summed E-state index contributed by atoms with van der Waals surface area (Å²) in [4.78, 5) is 27.0. The molecule has 3 aliphatic heterocycles. The van der Waals surface area contributed by atoms with Crippen molar-refractivity contribution in [2.75, 3.05) is 44.2 Å². The van der Waals surface area contributed by atoms with Crippen molar-refractivity contribution in [2.24, 2.45) is 5.41 Å². The molecule has 1 amide bonds. The van der Waals surface area contributed by atoms with Crippen LogP contribution in [0.3, 0.4) is 0 Å². The Labute approximate surface area is 264 Å². The molecule has 0 saturated carbocycles. The van der Waals surface area contributed by atoms with Gasteiger partial charge >= 0.3 is 6.09 Å². The number of carboxylic acid groups (broad SMARTS) is 1. The van der Waals surface area contributed by atoms with E-state index in [-0.39, 0.29) is 5.41 Å². The summed E-state index contributed by atoms with van der Waals surface area (Å²) in [6.45, 7) is 9.99. The number of carbonyl (C=O) groups is 1. The Morgan fingerprint density at radius 3 is 2.43 bits per heavy atom. The molecular formula is C34H39ClN6O3. The van der Waals surface area contributed by atoms with Crippen LogP contribution in [-0.4, -0.2) is 76.3 Å². The first-order valence-corrected chi connectivity index (χ1v) is 15.8. The third kappa shape index (κ3) is 6.33. The van der Waals surface area contributed by atoms with Gasteiger partial charge in [-0.15, -0.1) is 0 Å². The fraction of sp³-hybridized carbons (Fsp3) is 0.471. The second-order valence-electron chi connectivity index (χ2n) is 13.0. The number of hydrogen-bond acceptors (Lipinski definition) is 7. The highest BCUT2D eigenvalue weighted by atomic mass is 35.5. The van der Waals surface area contributed by atoms with Gasteiger partial charge in [-0.05, 0) is 78.6 Å². The van der Waals surface area contributed by atoms with Crippen molar-refractivity contribution in [2.45, 2.75) is 57.6 Å². The summed E-state index contributed by atoms with van der Waals surface area (Å²) in [6, 6.07) is 18.1. The maximum Gasteiger partial charge on any atom is 0.407 e. The average molecular weight is 615 g/mol. The third-order valence-corrected chi connectivity index (χ3v) is 10.1. The van der Waals surface area contributed by atoms with Crippen molar-refractivity contribution in [3.63, 3.8) is 0 Å². The number of nitriles is 1. The summed E-state index contributed by atoms with van der Waals surface area (Å²) < 4.78 is 6.10. The highest BCUT2D eigenvalue weighted by Crippen LogP contribution is 2.43. The van der Waals surface area contributed by atoms with Crippen LogP contribution in [0.4, 0.5) is 10.7 Å². The minimum atomic E-state index is -0.797. The number of halogens is 1. The van der Waals surface area contributed by atoms with E-state index in [4.69, 9.17) is 21.3 Å². The molecule has 1 N–H and O–H groups in total. The third-order valence-electron chi connectivity index (χ3n) is 9.85. The van der Waals surface area contributed by atoms with E-state index in [1.54, 1.807) is 6.07 Å². The molecule has 44 heavy (non-hydrogen) atoms. The van der Waals surface area contributed by atoms with Crippen molar-refractivity contribution >= 4 is 23.6 Å². The smallest absolute Gasteiger partial charge is 0.407 e. The normalized spacial score (nSPS) is 19.0. The first kappa shape index (κ1) is 30.2. The summed E-state index contributed by atoms with van der Waals surface area (Å²) in [6.07, 6.45) is 5.13. The van der Waals surface area contributed by atoms with Gasteiger partial charge in [-0.3, -0.25) is 4.90 Å². The lowest BCUT2D eigenvalue weighted by molar-refractivity contribution is -0.0599. The molecule has 2 aromatic carbocycles. The zero-order chi connectivity index (χ0) is 30.9. The molecule has 0 unspecified atom stereocenters. The number of aromatic nitrogens is 2. The molecule has 0 atom stereocenters. The van der Waals surface area contributed by atoms with Crippen LogP contribution >= 0.6 is 11.6 Å². The molecule has 4 heterocycles. The quantitative estimate of drug-likeness (QED) is 0.348. The van der Waals surface area contributed by atoms with Crippen LogP contribution in [0.15, 0.2) is 54.7 Å². The SMILES string of the molecule is CC(C)(c1ccc(OCc2ccnc(N3CCC4(CC3)CN(C3CCN(C(=O)O)CC3)C4)n2)cc1)c1cc(Cl)cc(C#N)c1. The molecule has 1 aromatic heterocycles. The van der Waals surface area contributed by atoms with Gasteiger partial charge in [-0.2, -0.15) is 5.26 Å². The van der Waals surface area contributed by atoms with Gasteiger partial charge in [-0.25, -0.2) is 14.8 Å². The molecule has 3 saturated heterocycles. The molecule has 1 spiro atoms. The maximum absolute atomic E-state index is 11.2. The van der Waals surface area contributed by atoms with E-state index in [9.17, 15) is 15.2 Å². The van der Waals surface area contributed by atoms with Gasteiger partial charge < -0.3 is 19.6 Å². The van der Waals surface area contributed by atoms with Crippen LogP contribution in [0.2, 0.25) is 5.02 Å². The molecule has 3 aromatic rings. The number of anilines is 1. The average Bonchev–Trinajstić information content (AvgIpc) is 3.03. The van der Waals surface area contributed by atoms with Crippen LogP contribution < -0.4 is 9.64 Å². The number of nitrogens with zero attached hydrogens (tertiary/aromatic N) is 6. The monoisotopic (exact) mass is 614 g/mol. The number of piperidine rings is 2. The van der Waals surface area contributed by atoms with E-state index in [1.165, 1.54) is 4.90 Å². The topological polar surface area (TPSA) is 106 Å². The highest BCUT2D eigenvalue weighted by molar-refractivity contribution is 6.30. The zero-order valence-corrected chi connectivity index (χ0v) is 26.1. The predicted octanol–water partition coefficient (Wildman–Crippen LogP) is 5.95. The minimum absolute atomic E-state index is 0.332. The van der Waals surface area contributed by atoms with Gasteiger partial charge in [0.25, 0.3) is 0 Å². The van der Waals surface area contributed by atoms with E-state index in [0.717, 1.165) is 80.4 Å². The Bertz CT molecular complexity index is 1530. The van der Waals surface area contributed by atoms with Crippen molar-refractivity contribution in [1.29, 1.82) is 5.26 Å². The van der Waals surface area contributed by atoms with Crippen LogP contribution in [0.1, 0.15) is 61.9 Å². The van der Waals surface area contributed by atoms with Crippen LogP contribution in [0.5, 0.6) is 5.75 Å². The van der Waals surface area contributed by atoms with E-state index in [1.807, 2.05) is 36.5 Å². The highest BCUT2D eigenvalue weighted by Gasteiger charge is 2.47. The lowest BCUT2D eigenvalue weighted by atomic mass is 9.71. The fourth-order valence-electron chi connectivity index (χ4n) is 6.92. The predicted molar refractivity (Wildman–Crippen MR) is 169 cm³/mol. The molecule has 10 heteroatoms. The summed E-state index contributed by atoms with van der Waals surface area (Å²) in [5.41, 5.74) is 3.51. The zero-order valence-electron chi connectivity index (χ0n) is 25.4. The first-order valence-electron chi connectivity index (χ1n) is 15.4. The Kier molecular flexibility index (Phi) is 8.40. The van der Waals surface area contributed by atoms with Crippen LogP contribution in [-0.2, 0) is 12.0 Å². The van der Waals surface area contributed by atoms with E-state index in [2.05, 4.69) is 46.8 Å². The summed E-state index contributed by atoms with van der Waals surface area (Å²) in [5, 5.41) is 19.1. The second kappa shape index (κ2) is 12.3. The fourth-order valence-corrected chi connectivity index (χ4v) is 7.15. The Morgan fingerprint density at radius 1 is 1.07 bits per heavy atom. The number of rotatable bonds is 7. The van der Waals surface area contributed by atoms with Crippen LogP contribution in [0, 0.1) is 16.7 Å². The maximum atomic E-state index is 11.2. The molecule has 3 fully saturated rings. The molecule has 9 nitrogen and oxygen atoms in total. The first-order chi connectivity index (χ1) is 21.1. The minimum Gasteiger partial charge on any atom is -0.487 e. The largest absolute Gasteiger partial charge is 0.487 e. The van der Waals surface area contributed by atoms with E-state index in [0.29, 0.717) is 41.7 Å². The molecule has 230 valence electrons. The number of amides is 1.